The number of carbonyl (C=O) groups excluding carboxylic acids is 1. The normalized spacial score (nSPS) is 25.7. The van der Waals surface area contributed by atoms with Gasteiger partial charge in [0, 0.05) is 19.1 Å². The van der Waals surface area contributed by atoms with E-state index in [1.807, 2.05) is 25.8 Å². The summed E-state index contributed by atoms with van der Waals surface area (Å²) >= 11 is 0. The topological polar surface area (TPSA) is 58.4 Å². The van der Waals surface area contributed by atoms with Gasteiger partial charge < -0.3 is 16.0 Å². The van der Waals surface area contributed by atoms with Crippen molar-refractivity contribution in [3.8, 4) is 0 Å². The van der Waals surface area contributed by atoms with Crippen molar-refractivity contribution in [3.05, 3.63) is 0 Å². The zero-order valence-electron chi connectivity index (χ0n) is 9.99. The van der Waals surface area contributed by atoms with Crippen LogP contribution in [0.5, 0.6) is 0 Å². The van der Waals surface area contributed by atoms with Crippen molar-refractivity contribution in [2.24, 2.45) is 11.7 Å². The molecule has 1 rings (SSSR count). The van der Waals surface area contributed by atoms with Crippen LogP contribution in [0.4, 0.5) is 4.79 Å². The molecular weight excluding hydrogens is 190 g/mol. The van der Waals surface area contributed by atoms with Crippen molar-refractivity contribution >= 4 is 6.03 Å². The van der Waals surface area contributed by atoms with Gasteiger partial charge in [0.1, 0.15) is 0 Å². The highest BCUT2D eigenvalue weighted by molar-refractivity contribution is 5.74. The number of hydrogen-bond donors (Lipinski definition) is 2. The lowest BCUT2D eigenvalue weighted by atomic mass is 10.0. The second-order valence-corrected chi connectivity index (χ2v) is 4.71. The highest BCUT2D eigenvalue weighted by atomic mass is 16.2. The lowest BCUT2D eigenvalue weighted by Crippen LogP contribution is -2.48. The Morgan fingerprint density at radius 1 is 1.53 bits per heavy atom. The van der Waals surface area contributed by atoms with E-state index >= 15 is 0 Å². The van der Waals surface area contributed by atoms with E-state index in [9.17, 15) is 4.79 Å². The summed E-state index contributed by atoms with van der Waals surface area (Å²) in [4.78, 5) is 13.6. The predicted molar refractivity (Wildman–Crippen MR) is 61.6 cm³/mol. The van der Waals surface area contributed by atoms with Crippen LogP contribution in [0.15, 0.2) is 0 Å². The Morgan fingerprint density at radius 3 is 2.73 bits per heavy atom. The molecule has 4 nitrogen and oxygen atoms in total. The molecule has 0 saturated heterocycles. The number of rotatable bonds is 3. The van der Waals surface area contributed by atoms with Gasteiger partial charge in [0.05, 0.1) is 0 Å². The van der Waals surface area contributed by atoms with Gasteiger partial charge in [-0.2, -0.15) is 0 Å². The Kier molecular flexibility index (Phi) is 4.39. The summed E-state index contributed by atoms with van der Waals surface area (Å²) in [7, 11) is 1.87. The summed E-state index contributed by atoms with van der Waals surface area (Å²) in [6.45, 7) is 4.63. The number of nitrogens with zero attached hydrogens (tertiary/aromatic N) is 1. The summed E-state index contributed by atoms with van der Waals surface area (Å²) in [5.41, 5.74) is 5.71. The van der Waals surface area contributed by atoms with Crippen molar-refractivity contribution in [1.82, 2.24) is 10.2 Å². The lowest BCUT2D eigenvalue weighted by Gasteiger charge is -2.30. The van der Waals surface area contributed by atoms with Crippen molar-refractivity contribution < 1.29 is 4.79 Å². The third-order valence-electron chi connectivity index (χ3n) is 3.15. The number of amides is 2. The first-order valence-electron chi connectivity index (χ1n) is 5.79. The number of nitrogens with two attached hydrogens (primary N) is 1. The van der Waals surface area contributed by atoms with Gasteiger partial charge in [0.25, 0.3) is 0 Å². The van der Waals surface area contributed by atoms with Crippen LogP contribution in [0.3, 0.4) is 0 Å². The number of urea groups is 1. The molecule has 2 unspecified atom stereocenters. The zero-order valence-corrected chi connectivity index (χ0v) is 9.99. The Hall–Kier alpha value is -0.770. The molecule has 0 heterocycles. The van der Waals surface area contributed by atoms with E-state index in [0.29, 0.717) is 18.5 Å². The van der Waals surface area contributed by atoms with Crippen molar-refractivity contribution in [2.75, 3.05) is 13.6 Å². The summed E-state index contributed by atoms with van der Waals surface area (Å²) in [5.74, 6) is 0.480. The zero-order chi connectivity index (χ0) is 11.4. The SMILES string of the molecule is CC(C)NC(=O)N(C)C1CCCC1CN. The molecule has 0 radical (unpaired) electrons. The molecule has 0 aromatic heterocycles. The smallest absolute Gasteiger partial charge is 0.317 e. The fourth-order valence-electron chi connectivity index (χ4n) is 2.30. The van der Waals surface area contributed by atoms with Crippen LogP contribution in [0.25, 0.3) is 0 Å². The van der Waals surface area contributed by atoms with Crippen LogP contribution < -0.4 is 11.1 Å². The molecule has 2 amide bonds. The largest absolute Gasteiger partial charge is 0.336 e. The van der Waals surface area contributed by atoms with Gasteiger partial charge in [-0.25, -0.2) is 4.79 Å². The van der Waals surface area contributed by atoms with E-state index in [-0.39, 0.29) is 12.1 Å². The molecule has 2 atom stereocenters. The van der Waals surface area contributed by atoms with E-state index < -0.39 is 0 Å². The second kappa shape index (κ2) is 5.35. The van der Waals surface area contributed by atoms with Crippen molar-refractivity contribution in [3.63, 3.8) is 0 Å². The fraction of sp³-hybridized carbons (Fsp3) is 0.909. The third-order valence-corrected chi connectivity index (χ3v) is 3.15. The maximum Gasteiger partial charge on any atom is 0.317 e. The molecule has 1 aliphatic rings. The minimum atomic E-state index is 0.0235. The molecule has 88 valence electrons. The second-order valence-electron chi connectivity index (χ2n) is 4.71. The average Bonchev–Trinajstić information content (AvgIpc) is 2.62. The Balaban J connectivity index is 2.51. The molecule has 0 aliphatic heterocycles. The van der Waals surface area contributed by atoms with Crippen LogP contribution in [0.2, 0.25) is 0 Å². The van der Waals surface area contributed by atoms with Gasteiger partial charge in [-0.05, 0) is 39.2 Å². The molecule has 0 aromatic carbocycles. The fourth-order valence-corrected chi connectivity index (χ4v) is 2.30. The van der Waals surface area contributed by atoms with E-state index in [1.54, 1.807) is 0 Å². The monoisotopic (exact) mass is 213 g/mol. The van der Waals surface area contributed by atoms with E-state index in [0.717, 1.165) is 12.8 Å². The standard InChI is InChI=1S/C11H23N3O/c1-8(2)13-11(15)14(3)10-6-4-5-9(10)7-12/h8-10H,4-7,12H2,1-3H3,(H,13,15). The van der Waals surface area contributed by atoms with Crippen LogP contribution in [0.1, 0.15) is 33.1 Å². The minimum absolute atomic E-state index is 0.0235. The Labute approximate surface area is 92.2 Å². The quantitative estimate of drug-likeness (QED) is 0.739. The molecule has 15 heavy (non-hydrogen) atoms. The van der Waals surface area contributed by atoms with Crippen LogP contribution in [-0.4, -0.2) is 36.6 Å². The molecule has 0 bridgehead atoms. The lowest BCUT2D eigenvalue weighted by molar-refractivity contribution is 0.174. The first kappa shape index (κ1) is 12.3. The molecule has 4 heteroatoms. The molecular formula is C11H23N3O. The first-order chi connectivity index (χ1) is 7.06. The molecule has 0 spiro atoms. The van der Waals surface area contributed by atoms with Gasteiger partial charge in [-0.3, -0.25) is 0 Å². The van der Waals surface area contributed by atoms with Crippen molar-refractivity contribution in [2.45, 2.75) is 45.2 Å². The minimum Gasteiger partial charge on any atom is -0.336 e. The van der Waals surface area contributed by atoms with Gasteiger partial charge in [0.2, 0.25) is 0 Å². The summed E-state index contributed by atoms with van der Waals surface area (Å²) in [5, 5.41) is 2.91. The summed E-state index contributed by atoms with van der Waals surface area (Å²) < 4.78 is 0. The van der Waals surface area contributed by atoms with Crippen molar-refractivity contribution in [1.29, 1.82) is 0 Å². The molecule has 1 fully saturated rings. The summed E-state index contributed by atoms with van der Waals surface area (Å²) in [6, 6.07) is 0.543. The predicted octanol–water partition coefficient (Wildman–Crippen LogP) is 1.16. The molecule has 0 aromatic rings. The maximum absolute atomic E-state index is 11.8. The summed E-state index contributed by atoms with van der Waals surface area (Å²) in [6.07, 6.45) is 3.43. The van der Waals surface area contributed by atoms with Crippen LogP contribution >= 0.6 is 0 Å². The van der Waals surface area contributed by atoms with E-state index in [1.165, 1.54) is 6.42 Å². The third kappa shape index (κ3) is 3.09. The first-order valence-corrected chi connectivity index (χ1v) is 5.79. The Bertz CT molecular complexity index is 218. The molecule has 1 aliphatic carbocycles. The Morgan fingerprint density at radius 2 is 2.20 bits per heavy atom. The van der Waals surface area contributed by atoms with Crippen LogP contribution in [-0.2, 0) is 0 Å². The van der Waals surface area contributed by atoms with Gasteiger partial charge in [0.15, 0.2) is 0 Å². The van der Waals surface area contributed by atoms with Crippen LogP contribution in [0, 0.1) is 5.92 Å². The van der Waals surface area contributed by atoms with Gasteiger partial charge in [-0.1, -0.05) is 6.42 Å². The molecule has 1 saturated carbocycles. The van der Waals surface area contributed by atoms with Gasteiger partial charge >= 0.3 is 6.03 Å². The van der Waals surface area contributed by atoms with E-state index in [2.05, 4.69) is 5.32 Å². The highest BCUT2D eigenvalue weighted by Gasteiger charge is 2.31. The maximum atomic E-state index is 11.8. The number of hydrogen-bond acceptors (Lipinski definition) is 2. The number of nitrogens with one attached hydrogen (secondary N) is 1. The van der Waals surface area contributed by atoms with Gasteiger partial charge in [-0.15, -0.1) is 0 Å². The number of carbonyl (C=O) groups is 1. The van der Waals surface area contributed by atoms with E-state index in [4.69, 9.17) is 5.73 Å². The highest BCUT2D eigenvalue weighted by Crippen LogP contribution is 2.28. The molecule has 3 N–H and O–H groups in total. The average molecular weight is 213 g/mol.